The molecular weight excluding hydrogens is 317 g/mol. The molecule has 0 aliphatic rings. The zero-order valence-electron chi connectivity index (χ0n) is 13.7. The monoisotopic (exact) mass is 336 g/mol. The van der Waals surface area contributed by atoms with Crippen molar-refractivity contribution in [3.05, 3.63) is 65.0 Å². The third-order valence-electron chi connectivity index (χ3n) is 3.78. The predicted octanol–water partition coefficient (Wildman–Crippen LogP) is 4.12. The van der Waals surface area contributed by atoms with Crippen LogP contribution in [0.25, 0.3) is 0 Å². The summed E-state index contributed by atoms with van der Waals surface area (Å²) in [6, 6.07) is 10.3. The lowest BCUT2D eigenvalue weighted by Gasteiger charge is -2.26. The number of pyridine rings is 1. The summed E-state index contributed by atoms with van der Waals surface area (Å²) in [5, 5.41) is 2.74. The van der Waals surface area contributed by atoms with Crippen molar-refractivity contribution in [2.45, 2.75) is 32.4 Å². The molecule has 128 valence electrons. The third-order valence-corrected chi connectivity index (χ3v) is 3.78. The minimum absolute atomic E-state index is 0.197. The van der Waals surface area contributed by atoms with Crippen molar-refractivity contribution < 1.29 is 18.0 Å². The average molecular weight is 336 g/mol. The molecule has 0 spiro atoms. The van der Waals surface area contributed by atoms with Crippen LogP contribution in [-0.2, 0) is 11.6 Å². The van der Waals surface area contributed by atoms with E-state index < -0.39 is 17.2 Å². The maximum absolute atomic E-state index is 12.9. The summed E-state index contributed by atoms with van der Waals surface area (Å²) in [5.74, 6) is -0.348. The Bertz CT molecular complexity index is 739. The number of rotatable bonds is 4. The molecule has 0 aliphatic heterocycles. The van der Waals surface area contributed by atoms with Gasteiger partial charge < -0.3 is 5.32 Å². The number of nitrogens with zero attached hydrogens (tertiary/aromatic N) is 1. The van der Waals surface area contributed by atoms with Gasteiger partial charge in [-0.2, -0.15) is 13.2 Å². The molecule has 6 heteroatoms. The normalized spacial score (nSPS) is 12.1. The standard InChI is InChI=1S/C18H19F3N2O/c1-12-6-4-9-15(23-12)16(24)22-11-17(2,3)13-7-5-8-14(10-13)18(19,20)21/h4-10H,11H2,1-3H3,(H,22,24). The van der Waals surface area contributed by atoms with Gasteiger partial charge in [0.15, 0.2) is 0 Å². The van der Waals surface area contributed by atoms with Crippen molar-refractivity contribution in [3.8, 4) is 0 Å². The number of alkyl halides is 3. The van der Waals surface area contributed by atoms with Crippen molar-refractivity contribution in [2.75, 3.05) is 6.54 Å². The highest BCUT2D eigenvalue weighted by molar-refractivity contribution is 5.92. The molecule has 0 bridgehead atoms. The van der Waals surface area contributed by atoms with Gasteiger partial charge in [0.1, 0.15) is 5.69 Å². The van der Waals surface area contributed by atoms with Crippen LogP contribution < -0.4 is 5.32 Å². The third kappa shape index (κ3) is 4.34. The average Bonchev–Trinajstić information content (AvgIpc) is 2.52. The van der Waals surface area contributed by atoms with Crippen LogP contribution in [0.3, 0.4) is 0 Å². The molecule has 0 saturated heterocycles. The molecule has 1 aromatic carbocycles. The summed E-state index contributed by atoms with van der Waals surface area (Å²) in [6.45, 7) is 5.55. The minimum atomic E-state index is -4.39. The Balaban J connectivity index is 2.12. The second-order valence-corrected chi connectivity index (χ2v) is 6.31. The van der Waals surface area contributed by atoms with E-state index in [4.69, 9.17) is 0 Å². The fourth-order valence-electron chi connectivity index (χ4n) is 2.28. The van der Waals surface area contributed by atoms with E-state index in [2.05, 4.69) is 10.3 Å². The summed E-state index contributed by atoms with van der Waals surface area (Å²) >= 11 is 0. The van der Waals surface area contributed by atoms with Crippen LogP contribution in [0.2, 0.25) is 0 Å². The first-order valence-corrected chi connectivity index (χ1v) is 7.49. The van der Waals surface area contributed by atoms with Crippen molar-refractivity contribution in [1.29, 1.82) is 0 Å². The van der Waals surface area contributed by atoms with Crippen molar-refractivity contribution >= 4 is 5.91 Å². The van der Waals surface area contributed by atoms with E-state index in [0.717, 1.165) is 17.8 Å². The second kappa shape index (κ2) is 6.63. The number of carbonyl (C=O) groups is 1. The number of benzene rings is 1. The lowest BCUT2D eigenvalue weighted by atomic mass is 9.83. The van der Waals surface area contributed by atoms with Gasteiger partial charge in [0, 0.05) is 17.7 Å². The van der Waals surface area contributed by atoms with Crippen LogP contribution in [-0.4, -0.2) is 17.4 Å². The highest BCUT2D eigenvalue weighted by Gasteiger charge is 2.32. The van der Waals surface area contributed by atoms with Crippen LogP contribution in [0.4, 0.5) is 13.2 Å². The number of halogens is 3. The van der Waals surface area contributed by atoms with Crippen molar-refractivity contribution in [3.63, 3.8) is 0 Å². The maximum atomic E-state index is 12.9. The van der Waals surface area contributed by atoms with E-state index >= 15 is 0 Å². The minimum Gasteiger partial charge on any atom is -0.350 e. The highest BCUT2D eigenvalue weighted by Crippen LogP contribution is 2.32. The summed E-state index contributed by atoms with van der Waals surface area (Å²) in [7, 11) is 0. The molecule has 2 rings (SSSR count). The Hall–Kier alpha value is -2.37. The number of nitrogens with one attached hydrogen (secondary N) is 1. The summed E-state index contributed by atoms with van der Waals surface area (Å²) in [4.78, 5) is 16.3. The largest absolute Gasteiger partial charge is 0.416 e. The van der Waals surface area contributed by atoms with Crippen molar-refractivity contribution in [2.24, 2.45) is 0 Å². The van der Waals surface area contributed by atoms with Crippen LogP contribution in [0, 0.1) is 6.92 Å². The van der Waals surface area contributed by atoms with E-state index in [1.54, 1.807) is 45.0 Å². The molecule has 1 aromatic heterocycles. The molecule has 1 heterocycles. The molecular formula is C18H19F3N2O. The van der Waals surface area contributed by atoms with E-state index in [-0.39, 0.29) is 18.1 Å². The van der Waals surface area contributed by atoms with Gasteiger partial charge in [-0.05, 0) is 30.7 Å². The van der Waals surface area contributed by atoms with Gasteiger partial charge >= 0.3 is 6.18 Å². The molecule has 0 aliphatic carbocycles. The van der Waals surface area contributed by atoms with E-state index in [9.17, 15) is 18.0 Å². The lowest BCUT2D eigenvalue weighted by Crippen LogP contribution is -2.37. The topological polar surface area (TPSA) is 42.0 Å². The Morgan fingerprint density at radius 1 is 1.08 bits per heavy atom. The molecule has 2 aromatic rings. The first kappa shape index (κ1) is 18.0. The Kier molecular flexibility index (Phi) is 4.96. The molecule has 1 N–H and O–H groups in total. The second-order valence-electron chi connectivity index (χ2n) is 6.31. The molecule has 0 fully saturated rings. The van der Waals surface area contributed by atoms with E-state index in [1.807, 2.05) is 0 Å². The van der Waals surface area contributed by atoms with Gasteiger partial charge in [0.2, 0.25) is 0 Å². The number of aryl methyl sites for hydroxylation is 1. The molecule has 1 amide bonds. The number of aromatic nitrogens is 1. The fraction of sp³-hybridized carbons (Fsp3) is 0.333. The van der Waals surface area contributed by atoms with Crippen molar-refractivity contribution in [1.82, 2.24) is 10.3 Å². The van der Waals surface area contributed by atoms with Gasteiger partial charge in [-0.25, -0.2) is 4.98 Å². The predicted molar refractivity (Wildman–Crippen MR) is 85.8 cm³/mol. The van der Waals surface area contributed by atoms with Crippen LogP contribution >= 0.6 is 0 Å². The molecule has 0 unspecified atom stereocenters. The first-order chi connectivity index (χ1) is 11.1. The van der Waals surface area contributed by atoms with Crippen LogP contribution in [0.1, 0.15) is 41.2 Å². The molecule has 0 radical (unpaired) electrons. The fourth-order valence-corrected chi connectivity index (χ4v) is 2.28. The molecule has 0 saturated carbocycles. The quantitative estimate of drug-likeness (QED) is 0.913. The van der Waals surface area contributed by atoms with Gasteiger partial charge in [-0.1, -0.05) is 38.1 Å². The number of carbonyl (C=O) groups excluding carboxylic acids is 1. The summed E-state index contributed by atoms with van der Waals surface area (Å²) in [5.41, 5.74) is 0.171. The zero-order chi connectivity index (χ0) is 18.0. The maximum Gasteiger partial charge on any atom is 0.416 e. The van der Waals surface area contributed by atoms with Gasteiger partial charge in [0.05, 0.1) is 5.56 Å². The number of hydrogen-bond donors (Lipinski definition) is 1. The Morgan fingerprint density at radius 3 is 2.33 bits per heavy atom. The first-order valence-electron chi connectivity index (χ1n) is 7.49. The van der Waals surface area contributed by atoms with Gasteiger partial charge in [-0.3, -0.25) is 4.79 Å². The smallest absolute Gasteiger partial charge is 0.350 e. The summed E-state index contributed by atoms with van der Waals surface area (Å²) in [6.07, 6.45) is -4.39. The Labute approximate surface area is 138 Å². The van der Waals surface area contributed by atoms with E-state index in [1.165, 1.54) is 6.07 Å². The molecule has 3 nitrogen and oxygen atoms in total. The Morgan fingerprint density at radius 2 is 1.71 bits per heavy atom. The van der Waals surface area contributed by atoms with E-state index in [0.29, 0.717) is 5.56 Å². The van der Waals surface area contributed by atoms with Crippen LogP contribution in [0.15, 0.2) is 42.5 Å². The van der Waals surface area contributed by atoms with Crippen LogP contribution in [0.5, 0.6) is 0 Å². The molecule has 24 heavy (non-hydrogen) atoms. The highest BCUT2D eigenvalue weighted by atomic mass is 19.4. The molecule has 0 atom stereocenters. The SMILES string of the molecule is Cc1cccc(C(=O)NCC(C)(C)c2cccc(C(F)(F)F)c2)n1. The number of hydrogen-bond acceptors (Lipinski definition) is 2. The number of amides is 1. The zero-order valence-corrected chi connectivity index (χ0v) is 13.7. The summed E-state index contributed by atoms with van der Waals surface area (Å²) < 4.78 is 38.6. The van der Waals surface area contributed by atoms with Gasteiger partial charge in [-0.15, -0.1) is 0 Å². The lowest BCUT2D eigenvalue weighted by molar-refractivity contribution is -0.137. The van der Waals surface area contributed by atoms with Gasteiger partial charge in [0.25, 0.3) is 5.91 Å².